The minimum absolute atomic E-state index is 0.0273. The molecular formula is C13H9F3N6O2. The Balaban J connectivity index is 2.12. The second-order valence-electron chi connectivity index (χ2n) is 4.86. The number of halogens is 3. The number of rotatable bonds is 3. The van der Waals surface area contributed by atoms with Crippen LogP contribution in [0.15, 0.2) is 37.1 Å². The Morgan fingerprint density at radius 2 is 2.00 bits per heavy atom. The van der Waals surface area contributed by atoms with Gasteiger partial charge in [-0.1, -0.05) is 0 Å². The summed E-state index contributed by atoms with van der Waals surface area (Å²) in [5.74, 6) is 0.0273. The molecule has 0 unspecified atom stereocenters. The van der Waals surface area contributed by atoms with Crippen molar-refractivity contribution in [2.45, 2.75) is 6.18 Å². The molecule has 124 valence electrons. The summed E-state index contributed by atoms with van der Waals surface area (Å²) in [6.07, 6.45) is 0.102. The number of pyridine rings is 1. The number of imidazole rings is 1. The molecule has 0 spiro atoms. The van der Waals surface area contributed by atoms with E-state index in [0.29, 0.717) is 0 Å². The van der Waals surface area contributed by atoms with E-state index in [4.69, 9.17) is 0 Å². The Morgan fingerprint density at radius 1 is 1.25 bits per heavy atom. The molecule has 3 aromatic heterocycles. The SMILES string of the molecule is Cn1cncc1-c1cn(-c2ccc([N+](=O)[O-])cn2)nc1C(F)(F)F. The summed E-state index contributed by atoms with van der Waals surface area (Å²) in [6, 6.07) is 2.36. The van der Waals surface area contributed by atoms with Crippen molar-refractivity contribution in [2.75, 3.05) is 0 Å². The van der Waals surface area contributed by atoms with Gasteiger partial charge in [-0.3, -0.25) is 10.1 Å². The molecule has 3 heterocycles. The molecule has 0 N–H and O–H groups in total. The smallest absolute Gasteiger partial charge is 0.334 e. The molecule has 0 radical (unpaired) electrons. The Kier molecular flexibility index (Phi) is 3.55. The standard InChI is InChI=1S/C13H9F3N6O2/c1-20-7-17-5-10(20)9-6-21(19-12(9)13(14,15)16)11-3-2-8(4-18-11)22(23)24/h2-7H,1H3. The molecule has 8 nitrogen and oxygen atoms in total. The third kappa shape index (κ3) is 2.71. The predicted molar refractivity (Wildman–Crippen MR) is 75.2 cm³/mol. The molecule has 0 saturated carbocycles. The lowest BCUT2D eigenvalue weighted by atomic mass is 10.2. The minimum atomic E-state index is -4.67. The van der Waals surface area contributed by atoms with Crippen LogP contribution in [0, 0.1) is 10.1 Å². The molecule has 0 bridgehead atoms. The van der Waals surface area contributed by atoms with Gasteiger partial charge in [-0.05, 0) is 6.07 Å². The summed E-state index contributed by atoms with van der Waals surface area (Å²) in [5.41, 5.74) is -1.29. The maximum Gasteiger partial charge on any atom is 0.435 e. The fourth-order valence-electron chi connectivity index (χ4n) is 2.13. The molecule has 11 heteroatoms. The van der Waals surface area contributed by atoms with Gasteiger partial charge in [0.1, 0.15) is 6.20 Å². The molecule has 0 aliphatic carbocycles. The summed E-state index contributed by atoms with van der Waals surface area (Å²) in [5, 5.41) is 14.2. The Labute approximate surface area is 132 Å². The second kappa shape index (κ2) is 5.44. The van der Waals surface area contributed by atoms with Gasteiger partial charge < -0.3 is 4.57 Å². The van der Waals surface area contributed by atoms with E-state index in [-0.39, 0.29) is 22.8 Å². The molecule has 0 saturated heterocycles. The van der Waals surface area contributed by atoms with Gasteiger partial charge in [-0.25, -0.2) is 14.6 Å². The molecule has 3 aromatic rings. The van der Waals surface area contributed by atoms with Crippen LogP contribution in [0.5, 0.6) is 0 Å². The third-order valence-corrected chi connectivity index (χ3v) is 3.25. The van der Waals surface area contributed by atoms with E-state index >= 15 is 0 Å². The van der Waals surface area contributed by atoms with E-state index in [2.05, 4.69) is 15.1 Å². The van der Waals surface area contributed by atoms with Crippen LogP contribution in [0.1, 0.15) is 5.69 Å². The average Bonchev–Trinajstić information content (AvgIpc) is 3.12. The maximum absolute atomic E-state index is 13.3. The predicted octanol–water partition coefficient (Wildman–Crippen LogP) is 2.59. The van der Waals surface area contributed by atoms with Gasteiger partial charge in [-0.2, -0.15) is 18.3 Å². The van der Waals surface area contributed by atoms with Crippen molar-refractivity contribution < 1.29 is 18.1 Å². The van der Waals surface area contributed by atoms with Crippen molar-refractivity contribution in [3.8, 4) is 17.1 Å². The number of aromatic nitrogens is 5. The minimum Gasteiger partial charge on any atom is -0.334 e. The van der Waals surface area contributed by atoms with Crippen LogP contribution in [0.25, 0.3) is 17.1 Å². The topological polar surface area (TPSA) is 91.7 Å². The number of aryl methyl sites for hydroxylation is 1. The molecule has 0 atom stereocenters. The quantitative estimate of drug-likeness (QED) is 0.541. The van der Waals surface area contributed by atoms with Crippen LogP contribution >= 0.6 is 0 Å². The summed E-state index contributed by atoms with van der Waals surface area (Å²) >= 11 is 0. The Bertz CT molecular complexity index is 897. The lowest BCUT2D eigenvalue weighted by molar-refractivity contribution is -0.385. The van der Waals surface area contributed by atoms with Crippen LogP contribution in [0.2, 0.25) is 0 Å². The fraction of sp³-hybridized carbons (Fsp3) is 0.154. The molecule has 0 aromatic carbocycles. The van der Waals surface area contributed by atoms with Gasteiger partial charge in [0.25, 0.3) is 5.69 Å². The van der Waals surface area contributed by atoms with Gasteiger partial charge in [-0.15, -0.1) is 0 Å². The first-order valence-corrected chi connectivity index (χ1v) is 6.52. The van der Waals surface area contributed by atoms with E-state index < -0.39 is 16.8 Å². The highest BCUT2D eigenvalue weighted by Gasteiger charge is 2.38. The number of nitro groups is 1. The number of hydrogen-bond acceptors (Lipinski definition) is 5. The van der Waals surface area contributed by atoms with Gasteiger partial charge in [0.05, 0.1) is 28.7 Å². The second-order valence-corrected chi connectivity index (χ2v) is 4.86. The van der Waals surface area contributed by atoms with E-state index in [0.717, 1.165) is 23.1 Å². The normalized spacial score (nSPS) is 11.7. The lowest BCUT2D eigenvalue weighted by Crippen LogP contribution is -2.09. The molecule has 0 amide bonds. The lowest BCUT2D eigenvalue weighted by Gasteiger charge is -2.05. The molecule has 0 fully saturated rings. The van der Waals surface area contributed by atoms with E-state index in [9.17, 15) is 23.3 Å². The maximum atomic E-state index is 13.3. The van der Waals surface area contributed by atoms with Crippen LogP contribution in [-0.2, 0) is 13.2 Å². The first-order chi connectivity index (χ1) is 11.3. The van der Waals surface area contributed by atoms with Crippen LogP contribution in [-0.4, -0.2) is 29.2 Å². The summed E-state index contributed by atoms with van der Waals surface area (Å²) in [4.78, 5) is 17.5. The zero-order valence-electron chi connectivity index (χ0n) is 12.1. The fourth-order valence-corrected chi connectivity index (χ4v) is 2.13. The largest absolute Gasteiger partial charge is 0.435 e. The van der Waals surface area contributed by atoms with Crippen molar-refractivity contribution in [3.05, 3.63) is 52.9 Å². The zero-order chi connectivity index (χ0) is 17.5. The number of hydrogen-bond donors (Lipinski definition) is 0. The van der Waals surface area contributed by atoms with Crippen molar-refractivity contribution in [1.29, 1.82) is 0 Å². The van der Waals surface area contributed by atoms with E-state index in [1.54, 1.807) is 7.05 Å². The highest BCUT2D eigenvalue weighted by Crippen LogP contribution is 2.36. The first-order valence-electron chi connectivity index (χ1n) is 6.52. The Morgan fingerprint density at radius 3 is 2.50 bits per heavy atom. The molecule has 3 rings (SSSR count). The van der Waals surface area contributed by atoms with Crippen molar-refractivity contribution in [2.24, 2.45) is 7.05 Å². The third-order valence-electron chi connectivity index (χ3n) is 3.25. The van der Waals surface area contributed by atoms with Gasteiger partial charge in [0.2, 0.25) is 0 Å². The Hall–Kier alpha value is -3.24. The van der Waals surface area contributed by atoms with E-state index in [1.165, 1.54) is 23.2 Å². The molecule has 24 heavy (non-hydrogen) atoms. The zero-order valence-corrected chi connectivity index (χ0v) is 12.1. The van der Waals surface area contributed by atoms with Crippen LogP contribution < -0.4 is 0 Å². The first kappa shape index (κ1) is 15.6. The van der Waals surface area contributed by atoms with Crippen LogP contribution in [0.4, 0.5) is 18.9 Å². The average molecular weight is 338 g/mol. The highest BCUT2D eigenvalue weighted by molar-refractivity contribution is 5.62. The van der Waals surface area contributed by atoms with E-state index in [1.807, 2.05) is 0 Å². The van der Waals surface area contributed by atoms with Crippen LogP contribution in [0.3, 0.4) is 0 Å². The molecule has 0 aliphatic heterocycles. The molecular weight excluding hydrogens is 329 g/mol. The van der Waals surface area contributed by atoms with Gasteiger partial charge >= 0.3 is 6.18 Å². The number of nitrogens with zero attached hydrogens (tertiary/aromatic N) is 6. The number of alkyl halides is 3. The van der Waals surface area contributed by atoms with Gasteiger partial charge in [0, 0.05) is 19.3 Å². The van der Waals surface area contributed by atoms with Crippen molar-refractivity contribution >= 4 is 5.69 Å². The van der Waals surface area contributed by atoms with Gasteiger partial charge in [0.15, 0.2) is 11.5 Å². The monoisotopic (exact) mass is 338 g/mol. The van der Waals surface area contributed by atoms with Crippen molar-refractivity contribution in [3.63, 3.8) is 0 Å². The summed E-state index contributed by atoms with van der Waals surface area (Å²) < 4.78 is 42.1. The molecule has 0 aliphatic rings. The van der Waals surface area contributed by atoms with Crippen molar-refractivity contribution in [1.82, 2.24) is 24.3 Å². The summed E-state index contributed by atoms with van der Waals surface area (Å²) in [7, 11) is 1.56. The summed E-state index contributed by atoms with van der Waals surface area (Å²) in [6.45, 7) is 0. The highest BCUT2D eigenvalue weighted by atomic mass is 19.4.